The maximum absolute atomic E-state index is 9.04. The van der Waals surface area contributed by atoms with Crippen LogP contribution >= 0.6 is 0 Å². The van der Waals surface area contributed by atoms with Crippen LogP contribution in [-0.2, 0) is 13.2 Å². The number of aliphatic hydroxyl groups excluding tert-OH is 1. The van der Waals surface area contributed by atoms with Gasteiger partial charge in [-0.3, -0.25) is 0 Å². The van der Waals surface area contributed by atoms with Crippen LogP contribution in [0.4, 0.5) is 0 Å². The number of aliphatic hydroxyl groups is 1. The molecule has 0 aromatic carbocycles. The van der Waals surface area contributed by atoms with E-state index in [0.29, 0.717) is 17.2 Å². The molecule has 4 nitrogen and oxygen atoms in total. The summed E-state index contributed by atoms with van der Waals surface area (Å²) in [6, 6.07) is 0. The van der Waals surface area contributed by atoms with Crippen molar-refractivity contribution in [3.05, 3.63) is 12.2 Å². The average molecular weight is 195 g/mol. The molecule has 1 heterocycles. The first-order valence-electron chi connectivity index (χ1n) is 5.15. The summed E-state index contributed by atoms with van der Waals surface area (Å²) < 4.78 is 1.98. The summed E-state index contributed by atoms with van der Waals surface area (Å²) in [6.45, 7) is 5.45. The van der Waals surface area contributed by atoms with Crippen LogP contribution in [0, 0.1) is 11.3 Å². The van der Waals surface area contributed by atoms with Crippen molar-refractivity contribution in [3.63, 3.8) is 0 Å². The second-order valence-electron chi connectivity index (χ2n) is 4.55. The first-order valence-corrected chi connectivity index (χ1v) is 5.15. The lowest BCUT2D eigenvalue weighted by molar-refractivity contribution is 0.249. The second kappa shape index (κ2) is 3.35. The summed E-state index contributed by atoms with van der Waals surface area (Å²) in [5, 5.41) is 16.7. The van der Waals surface area contributed by atoms with Crippen LogP contribution in [0.1, 0.15) is 32.5 Å². The molecule has 1 aromatic rings. The Bertz CT molecular complexity index is 315. The van der Waals surface area contributed by atoms with E-state index >= 15 is 0 Å². The third-order valence-corrected chi connectivity index (χ3v) is 3.44. The van der Waals surface area contributed by atoms with Gasteiger partial charge in [-0.1, -0.05) is 13.8 Å². The smallest absolute Gasteiger partial charge is 0.158 e. The third-order valence-electron chi connectivity index (χ3n) is 3.44. The Labute approximate surface area is 84.0 Å². The molecular formula is C10H17N3O. The van der Waals surface area contributed by atoms with Crippen molar-refractivity contribution in [2.45, 2.75) is 39.8 Å². The van der Waals surface area contributed by atoms with Crippen LogP contribution in [0.15, 0.2) is 6.33 Å². The third kappa shape index (κ3) is 1.54. The fraction of sp³-hybridized carbons (Fsp3) is 0.800. The van der Waals surface area contributed by atoms with Crippen LogP contribution in [0.25, 0.3) is 0 Å². The Kier molecular flexibility index (Phi) is 2.31. The van der Waals surface area contributed by atoms with Gasteiger partial charge in [0.1, 0.15) is 12.9 Å². The lowest BCUT2D eigenvalue weighted by atomic mass is 9.92. The molecule has 1 N–H and O–H groups in total. The van der Waals surface area contributed by atoms with E-state index in [-0.39, 0.29) is 6.61 Å². The highest BCUT2D eigenvalue weighted by molar-refractivity contribution is 4.98. The molecule has 1 saturated carbocycles. The van der Waals surface area contributed by atoms with Gasteiger partial charge in [0.15, 0.2) is 5.82 Å². The van der Waals surface area contributed by atoms with Crippen LogP contribution < -0.4 is 0 Å². The van der Waals surface area contributed by atoms with Gasteiger partial charge in [0.05, 0.1) is 0 Å². The molecule has 1 aliphatic rings. The fourth-order valence-electron chi connectivity index (χ4n) is 1.95. The number of aromatic nitrogens is 3. The molecule has 0 bridgehead atoms. The Hall–Kier alpha value is -0.900. The van der Waals surface area contributed by atoms with Gasteiger partial charge in [-0.2, -0.15) is 0 Å². The quantitative estimate of drug-likeness (QED) is 0.785. The predicted molar refractivity (Wildman–Crippen MR) is 52.4 cm³/mol. The zero-order valence-electron chi connectivity index (χ0n) is 8.77. The lowest BCUT2D eigenvalue weighted by Gasteiger charge is -2.20. The van der Waals surface area contributed by atoms with Gasteiger partial charge < -0.3 is 9.67 Å². The predicted octanol–water partition coefficient (Wildman–Crippen LogP) is 1.21. The molecule has 1 aromatic heterocycles. The Balaban J connectivity index is 2.11. The highest BCUT2D eigenvalue weighted by Crippen LogP contribution is 2.53. The number of hydrogen-bond acceptors (Lipinski definition) is 3. The lowest BCUT2D eigenvalue weighted by Crippen LogP contribution is -2.18. The zero-order chi connectivity index (χ0) is 10.2. The van der Waals surface area contributed by atoms with Crippen molar-refractivity contribution in [2.24, 2.45) is 11.3 Å². The maximum Gasteiger partial charge on any atom is 0.158 e. The SMILES string of the molecule is CC(C)C1(Cn2cnnc2CO)CC1. The van der Waals surface area contributed by atoms with Gasteiger partial charge in [0.2, 0.25) is 0 Å². The molecule has 0 aliphatic heterocycles. The normalized spacial score (nSPS) is 18.9. The fourth-order valence-corrected chi connectivity index (χ4v) is 1.95. The molecule has 0 spiro atoms. The van der Waals surface area contributed by atoms with Crippen LogP contribution in [0.5, 0.6) is 0 Å². The molecule has 4 heteroatoms. The van der Waals surface area contributed by atoms with E-state index in [0.717, 1.165) is 6.54 Å². The molecule has 1 fully saturated rings. The van der Waals surface area contributed by atoms with Gasteiger partial charge in [0, 0.05) is 6.54 Å². The van der Waals surface area contributed by atoms with E-state index in [1.54, 1.807) is 6.33 Å². The van der Waals surface area contributed by atoms with E-state index in [1.165, 1.54) is 12.8 Å². The number of nitrogens with zero attached hydrogens (tertiary/aromatic N) is 3. The molecule has 14 heavy (non-hydrogen) atoms. The first-order chi connectivity index (χ1) is 6.68. The second-order valence-corrected chi connectivity index (χ2v) is 4.55. The van der Waals surface area contributed by atoms with E-state index in [1.807, 2.05) is 4.57 Å². The van der Waals surface area contributed by atoms with Crippen molar-refractivity contribution in [3.8, 4) is 0 Å². The van der Waals surface area contributed by atoms with E-state index < -0.39 is 0 Å². The summed E-state index contributed by atoms with van der Waals surface area (Å²) in [7, 11) is 0. The highest BCUT2D eigenvalue weighted by Gasteiger charge is 2.45. The Morgan fingerprint density at radius 2 is 2.29 bits per heavy atom. The summed E-state index contributed by atoms with van der Waals surface area (Å²) in [5.74, 6) is 1.37. The highest BCUT2D eigenvalue weighted by atomic mass is 16.3. The monoisotopic (exact) mass is 195 g/mol. The number of rotatable bonds is 4. The minimum Gasteiger partial charge on any atom is -0.388 e. The van der Waals surface area contributed by atoms with Gasteiger partial charge in [-0.25, -0.2) is 0 Å². The van der Waals surface area contributed by atoms with E-state index in [4.69, 9.17) is 5.11 Å². The van der Waals surface area contributed by atoms with Gasteiger partial charge >= 0.3 is 0 Å². The summed E-state index contributed by atoms with van der Waals surface area (Å²) >= 11 is 0. The van der Waals surface area contributed by atoms with Crippen LogP contribution in [-0.4, -0.2) is 19.9 Å². The van der Waals surface area contributed by atoms with Crippen molar-refractivity contribution in [1.82, 2.24) is 14.8 Å². The Morgan fingerprint density at radius 3 is 2.79 bits per heavy atom. The van der Waals surface area contributed by atoms with Crippen molar-refractivity contribution >= 4 is 0 Å². The molecule has 0 unspecified atom stereocenters. The summed E-state index contributed by atoms with van der Waals surface area (Å²) in [5.41, 5.74) is 0.437. The largest absolute Gasteiger partial charge is 0.388 e. The average Bonchev–Trinajstić information content (AvgIpc) is 2.79. The standard InChI is InChI=1S/C10H17N3O/c1-8(2)10(3-4-10)6-13-7-11-12-9(13)5-14/h7-8,14H,3-6H2,1-2H3. The zero-order valence-corrected chi connectivity index (χ0v) is 8.77. The Morgan fingerprint density at radius 1 is 1.57 bits per heavy atom. The van der Waals surface area contributed by atoms with Crippen LogP contribution in [0.3, 0.4) is 0 Å². The molecule has 78 valence electrons. The van der Waals surface area contributed by atoms with Crippen molar-refractivity contribution in [1.29, 1.82) is 0 Å². The molecule has 0 atom stereocenters. The molecule has 1 aliphatic carbocycles. The maximum atomic E-state index is 9.04. The van der Waals surface area contributed by atoms with Crippen molar-refractivity contribution < 1.29 is 5.11 Å². The minimum absolute atomic E-state index is 0.0197. The topological polar surface area (TPSA) is 50.9 Å². The molecule has 0 saturated heterocycles. The molecule has 0 radical (unpaired) electrons. The molecule has 2 rings (SSSR count). The van der Waals surface area contributed by atoms with Gasteiger partial charge in [0.25, 0.3) is 0 Å². The summed E-state index contributed by atoms with van der Waals surface area (Å²) in [6.07, 6.45) is 4.29. The van der Waals surface area contributed by atoms with E-state index in [9.17, 15) is 0 Å². The summed E-state index contributed by atoms with van der Waals surface area (Å²) in [4.78, 5) is 0. The number of hydrogen-bond donors (Lipinski definition) is 1. The van der Waals surface area contributed by atoms with Gasteiger partial charge in [-0.05, 0) is 24.2 Å². The molecular weight excluding hydrogens is 178 g/mol. The van der Waals surface area contributed by atoms with Gasteiger partial charge in [-0.15, -0.1) is 10.2 Å². The minimum atomic E-state index is -0.0197. The molecule has 0 amide bonds. The van der Waals surface area contributed by atoms with Crippen molar-refractivity contribution in [2.75, 3.05) is 0 Å². The first kappa shape index (κ1) is 9.65. The van der Waals surface area contributed by atoms with E-state index in [2.05, 4.69) is 24.0 Å². The van der Waals surface area contributed by atoms with Crippen LogP contribution in [0.2, 0.25) is 0 Å².